The lowest BCUT2D eigenvalue weighted by atomic mass is 10.0. The van der Waals surface area contributed by atoms with E-state index in [-0.39, 0.29) is 12.0 Å². The quantitative estimate of drug-likeness (QED) is 0.540. The van der Waals surface area contributed by atoms with E-state index >= 15 is 0 Å². The minimum atomic E-state index is -1.06. The van der Waals surface area contributed by atoms with Gasteiger partial charge in [-0.2, -0.15) is 0 Å². The Hall–Kier alpha value is -3.58. The van der Waals surface area contributed by atoms with E-state index in [9.17, 15) is 14.7 Å². The highest BCUT2D eigenvalue weighted by Crippen LogP contribution is 2.31. The van der Waals surface area contributed by atoms with E-state index in [1.807, 2.05) is 12.1 Å². The Balaban J connectivity index is 1.92. The van der Waals surface area contributed by atoms with Crippen LogP contribution >= 0.6 is 11.6 Å². The van der Waals surface area contributed by atoms with Crippen LogP contribution in [0.3, 0.4) is 0 Å². The molecule has 0 saturated carbocycles. The molecule has 7 nitrogen and oxygen atoms in total. The van der Waals surface area contributed by atoms with E-state index in [0.29, 0.717) is 27.8 Å². The summed E-state index contributed by atoms with van der Waals surface area (Å²) in [4.78, 5) is 28.5. The van der Waals surface area contributed by atoms with E-state index in [1.54, 1.807) is 49.6 Å². The molecule has 0 radical (unpaired) electrons. The highest BCUT2D eigenvalue weighted by atomic mass is 35.5. The number of aliphatic carboxylic acids is 1. The Kier molecular flexibility index (Phi) is 7.10. The lowest BCUT2D eigenvalue weighted by Gasteiger charge is -2.19. The first kappa shape index (κ1) is 22.1. The normalized spacial score (nSPS) is 11.5. The number of hydrogen-bond donors (Lipinski definition) is 2. The number of carboxylic acid groups (broad SMARTS) is 1. The molecule has 0 bridgehead atoms. The van der Waals surface area contributed by atoms with E-state index in [2.05, 4.69) is 10.3 Å². The van der Waals surface area contributed by atoms with E-state index in [4.69, 9.17) is 21.1 Å². The van der Waals surface area contributed by atoms with E-state index in [1.165, 1.54) is 13.3 Å². The van der Waals surface area contributed by atoms with Crippen LogP contribution in [0.4, 0.5) is 0 Å². The number of nitrogens with one attached hydrogen (secondary N) is 1. The van der Waals surface area contributed by atoms with Gasteiger partial charge in [0.15, 0.2) is 0 Å². The van der Waals surface area contributed by atoms with Crippen LogP contribution in [-0.4, -0.2) is 36.2 Å². The lowest BCUT2D eigenvalue weighted by molar-refractivity contribution is -0.137. The molecular formula is C23H21ClN2O5. The number of halogens is 1. The molecule has 160 valence electrons. The lowest BCUT2D eigenvalue weighted by Crippen LogP contribution is -2.30. The van der Waals surface area contributed by atoms with Gasteiger partial charge in [0.25, 0.3) is 5.91 Å². The van der Waals surface area contributed by atoms with Gasteiger partial charge in [-0.25, -0.2) is 4.98 Å². The molecule has 1 unspecified atom stereocenters. The first-order chi connectivity index (χ1) is 14.9. The number of carbonyl (C=O) groups is 2. The maximum absolute atomic E-state index is 13.0. The Bertz CT molecular complexity index is 1090. The van der Waals surface area contributed by atoms with Crippen molar-refractivity contribution in [2.75, 3.05) is 14.2 Å². The molecule has 3 rings (SSSR count). The van der Waals surface area contributed by atoms with Crippen molar-refractivity contribution in [1.29, 1.82) is 0 Å². The Morgan fingerprint density at radius 3 is 2.42 bits per heavy atom. The fourth-order valence-corrected chi connectivity index (χ4v) is 3.40. The maximum atomic E-state index is 13.0. The summed E-state index contributed by atoms with van der Waals surface area (Å²) < 4.78 is 10.5. The summed E-state index contributed by atoms with van der Waals surface area (Å²) in [6.45, 7) is 0. The monoisotopic (exact) mass is 440 g/mol. The van der Waals surface area contributed by atoms with Crippen LogP contribution in [0, 0.1) is 0 Å². The number of nitrogens with zero attached hydrogens (tertiary/aromatic N) is 1. The van der Waals surface area contributed by atoms with Crippen molar-refractivity contribution in [3.63, 3.8) is 0 Å². The van der Waals surface area contributed by atoms with Crippen LogP contribution in [0.5, 0.6) is 11.6 Å². The number of amides is 1. The molecule has 2 aromatic carbocycles. The average Bonchev–Trinajstić information content (AvgIpc) is 2.78. The number of carbonyl (C=O) groups excluding carboxylic acids is 1. The van der Waals surface area contributed by atoms with Crippen molar-refractivity contribution < 1.29 is 24.2 Å². The summed E-state index contributed by atoms with van der Waals surface area (Å²) in [6, 6.07) is 14.9. The van der Waals surface area contributed by atoms with Gasteiger partial charge in [0.2, 0.25) is 5.88 Å². The van der Waals surface area contributed by atoms with Crippen LogP contribution in [0.1, 0.15) is 28.4 Å². The molecule has 2 N–H and O–H groups in total. The zero-order valence-electron chi connectivity index (χ0n) is 17.0. The number of pyridine rings is 1. The summed E-state index contributed by atoms with van der Waals surface area (Å²) in [6.07, 6.45) is 1.07. The molecule has 1 atom stereocenters. The molecule has 0 aliphatic carbocycles. The number of ether oxygens (including phenoxy) is 2. The van der Waals surface area contributed by atoms with Crippen LogP contribution in [-0.2, 0) is 4.79 Å². The predicted octanol–water partition coefficient (Wildman–Crippen LogP) is 4.37. The summed E-state index contributed by atoms with van der Waals surface area (Å²) in [5.74, 6) is -0.483. The molecule has 0 spiro atoms. The fraction of sp³-hybridized carbons (Fsp3) is 0.174. The van der Waals surface area contributed by atoms with Crippen LogP contribution in [0.25, 0.3) is 11.1 Å². The largest absolute Gasteiger partial charge is 0.497 e. The first-order valence-corrected chi connectivity index (χ1v) is 9.76. The molecule has 3 aromatic rings. The van der Waals surface area contributed by atoms with Gasteiger partial charge in [0.05, 0.1) is 32.2 Å². The molecule has 0 fully saturated rings. The molecule has 0 aliphatic heterocycles. The third kappa shape index (κ3) is 5.32. The molecular weight excluding hydrogens is 420 g/mol. The second kappa shape index (κ2) is 9.95. The summed E-state index contributed by atoms with van der Waals surface area (Å²) in [7, 11) is 3.07. The van der Waals surface area contributed by atoms with Crippen molar-refractivity contribution in [3.8, 4) is 22.8 Å². The van der Waals surface area contributed by atoms with Crippen LogP contribution in [0.15, 0.2) is 60.8 Å². The van der Waals surface area contributed by atoms with Gasteiger partial charge in [0.1, 0.15) is 5.75 Å². The zero-order valence-corrected chi connectivity index (χ0v) is 17.7. The summed E-state index contributed by atoms with van der Waals surface area (Å²) in [5, 5.41) is 12.4. The topological polar surface area (TPSA) is 97.8 Å². The van der Waals surface area contributed by atoms with Crippen molar-refractivity contribution >= 4 is 23.5 Å². The van der Waals surface area contributed by atoms with E-state index in [0.717, 1.165) is 5.56 Å². The van der Waals surface area contributed by atoms with Gasteiger partial charge >= 0.3 is 5.97 Å². The Morgan fingerprint density at radius 1 is 1.10 bits per heavy atom. The van der Waals surface area contributed by atoms with Gasteiger partial charge in [-0.05, 0) is 35.4 Å². The third-order valence-electron chi connectivity index (χ3n) is 4.67. The van der Waals surface area contributed by atoms with Gasteiger partial charge in [0, 0.05) is 16.8 Å². The molecule has 0 saturated heterocycles. The predicted molar refractivity (Wildman–Crippen MR) is 117 cm³/mol. The van der Waals surface area contributed by atoms with Crippen molar-refractivity contribution in [3.05, 3.63) is 76.9 Å². The Labute approximate surface area is 184 Å². The SMILES string of the molecule is COc1ccc(-c2cc(C(=O)NC(CC(=O)O)c3ccccc3Cl)cnc2OC)cc1. The highest BCUT2D eigenvalue weighted by Gasteiger charge is 2.22. The minimum absolute atomic E-state index is 0.258. The second-order valence-electron chi connectivity index (χ2n) is 6.65. The number of benzene rings is 2. The third-order valence-corrected chi connectivity index (χ3v) is 5.02. The molecule has 0 aliphatic rings. The van der Waals surface area contributed by atoms with Gasteiger partial charge in [-0.1, -0.05) is 41.9 Å². The molecule has 1 heterocycles. The molecule has 8 heteroatoms. The van der Waals surface area contributed by atoms with Crippen LogP contribution in [0.2, 0.25) is 5.02 Å². The standard InChI is InChI=1S/C23H21ClN2O5/c1-30-16-9-7-14(8-10-16)18-11-15(13-25-23(18)31-2)22(29)26-20(12-21(27)28)17-5-3-4-6-19(17)24/h3-11,13,20H,12H2,1-2H3,(H,26,29)(H,27,28). The Morgan fingerprint density at radius 2 is 1.81 bits per heavy atom. The molecule has 31 heavy (non-hydrogen) atoms. The van der Waals surface area contributed by atoms with Crippen LogP contribution < -0.4 is 14.8 Å². The zero-order chi connectivity index (χ0) is 22.4. The second-order valence-corrected chi connectivity index (χ2v) is 7.06. The summed E-state index contributed by atoms with van der Waals surface area (Å²) >= 11 is 6.22. The van der Waals surface area contributed by atoms with Crippen molar-refractivity contribution in [1.82, 2.24) is 10.3 Å². The summed E-state index contributed by atoms with van der Waals surface area (Å²) in [5.41, 5.74) is 2.18. The fourth-order valence-electron chi connectivity index (χ4n) is 3.13. The molecule has 1 amide bonds. The minimum Gasteiger partial charge on any atom is -0.497 e. The van der Waals surface area contributed by atoms with Gasteiger partial charge in [-0.15, -0.1) is 0 Å². The first-order valence-electron chi connectivity index (χ1n) is 9.38. The van der Waals surface area contributed by atoms with Crippen molar-refractivity contribution in [2.24, 2.45) is 0 Å². The molecule has 1 aromatic heterocycles. The van der Waals surface area contributed by atoms with Crippen molar-refractivity contribution in [2.45, 2.75) is 12.5 Å². The maximum Gasteiger partial charge on any atom is 0.305 e. The number of rotatable bonds is 8. The number of methoxy groups -OCH3 is 2. The van der Waals surface area contributed by atoms with Gasteiger partial charge in [-0.3, -0.25) is 9.59 Å². The number of aromatic nitrogens is 1. The van der Waals surface area contributed by atoms with Gasteiger partial charge < -0.3 is 19.9 Å². The van der Waals surface area contributed by atoms with E-state index < -0.39 is 17.9 Å². The highest BCUT2D eigenvalue weighted by molar-refractivity contribution is 6.31. The number of hydrogen-bond acceptors (Lipinski definition) is 5. The smallest absolute Gasteiger partial charge is 0.305 e. The number of carboxylic acids is 1. The average molecular weight is 441 g/mol.